The maximum absolute atomic E-state index is 12.7. The molecule has 0 spiro atoms. The lowest BCUT2D eigenvalue weighted by Crippen LogP contribution is -2.19. The third-order valence-corrected chi connectivity index (χ3v) is 5.47. The molecule has 0 saturated heterocycles. The zero-order valence-electron chi connectivity index (χ0n) is 17.7. The summed E-state index contributed by atoms with van der Waals surface area (Å²) < 4.78 is 51.4. The molecule has 0 aliphatic heterocycles. The predicted octanol–water partition coefficient (Wildman–Crippen LogP) is 2.17. The Bertz CT molecular complexity index is 1040. The first-order valence-electron chi connectivity index (χ1n) is 9.05. The first-order chi connectivity index (χ1) is 14.8. The number of hydrogen-bond donors (Lipinski definition) is 1. The monoisotopic (exact) mass is 451 g/mol. The van der Waals surface area contributed by atoms with Crippen LogP contribution in [0, 0.1) is 0 Å². The Morgan fingerprint density at radius 2 is 1.52 bits per heavy atom. The van der Waals surface area contributed by atoms with E-state index in [1.807, 2.05) is 0 Å². The van der Waals surface area contributed by atoms with Gasteiger partial charge in [0.15, 0.2) is 21.3 Å². The van der Waals surface area contributed by atoms with Gasteiger partial charge in [-0.2, -0.15) is 0 Å². The summed E-state index contributed by atoms with van der Waals surface area (Å²) in [5.74, 6) is 0.662. The second-order valence-electron chi connectivity index (χ2n) is 6.22. The Morgan fingerprint density at radius 1 is 0.903 bits per heavy atom. The molecule has 0 atom stereocenters. The highest BCUT2D eigenvalue weighted by Gasteiger charge is 2.16. The minimum absolute atomic E-state index is 0.0909. The van der Waals surface area contributed by atoms with E-state index < -0.39 is 15.8 Å². The lowest BCUT2D eigenvalue weighted by molar-refractivity contribution is -0.132. The van der Waals surface area contributed by atoms with Crippen molar-refractivity contribution in [3.8, 4) is 28.7 Å². The fourth-order valence-corrected chi connectivity index (χ4v) is 3.79. The third kappa shape index (κ3) is 6.37. The highest BCUT2D eigenvalue weighted by molar-refractivity contribution is 7.93. The van der Waals surface area contributed by atoms with Crippen LogP contribution in [-0.4, -0.2) is 49.4 Å². The molecule has 0 heterocycles. The van der Waals surface area contributed by atoms with Crippen molar-refractivity contribution < 1.29 is 36.9 Å². The summed E-state index contributed by atoms with van der Waals surface area (Å²) in [6.07, 6.45) is 1.39. The van der Waals surface area contributed by atoms with Crippen molar-refractivity contribution in [1.29, 1.82) is 0 Å². The smallest absolute Gasteiger partial charge is 0.325 e. The van der Waals surface area contributed by atoms with Gasteiger partial charge in [-0.15, -0.1) is 0 Å². The summed E-state index contributed by atoms with van der Waals surface area (Å²) in [6.45, 7) is -0.319. The van der Waals surface area contributed by atoms with Crippen molar-refractivity contribution >= 4 is 21.9 Å². The predicted molar refractivity (Wildman–Crippen MR) is 115 cm³/mol. The fourth-order valence-electron chi connectivity index (χ4n) is 2.70. The number of hydrogen-bond acceptors (Lipinski definition) is 9. The van der Waals surface area contributed by atoms with E-state index >= 15 is 0 Å². The topological polar surface area (TPSA) is 123 Å². The van der Waals surface area contributed by atoms with Gasteiger partial charge in [-0.3, -0.25) is 4.79 Å². The van der Waals surface area contributed by atoms with Crippen molar-refractivity contribution in [3.05, 3.63) is 46.9 Å². The number of methoxy groups -OCH3 is 4. The van der Waals surface area contributed by atoms with Crippen LogP contribution in [0.4, 0.5) is 0 Å². The van der Waals surface area contributed by atoms with Crippen LogP contribution >= 0.6 is 0 Å². The van der Waals surface area contributed by atoms with Gasteiger partial charge in [-0.1, -0.05) is 6.07 Å². The molecule has 2 N–H and O–H groups in total. The van der Waals surface area contributed by atoms with Gasteiger partial charge < -0.3 is 29.4 Å². The van der Waals surface area contributed by atoms with Crippen LogP contribution in [-0.2, 0) is 20.4 Å². The van der Waals surface area contributed by atoms with Gasteiger partial charge in [0, 0.05) is 17.5 Å². The van der Waals surface area contributed by atoms with Crippen molar-refractivity contribution in [1.82, 2.24) is 0 Å². The molecule has 0 aliphatic rings. The molecule has 0 aliphatic carbocycles. The lowest BCUT2D eigenvalue weighted by atomic mass is 10.1. The van der Waals surface area contributed by atoms with Gasteiger partial charge >= 0.3 is 5.97 Å². The summed E-state index contributed by atoms with van der Waals surface area (Å²) in [5, 5.41) is 1.07. The van der Waals surface area contributed by atoms with Crippen LogP contribution < -0.4 is 29.4 Å². The average molecular weight is 451 g/mol. The molecule has 0 radical (unpaired) electrons. The van der Waals surface area contributed by atoms with Crippen LogP contribution in [0.3, 0.4) is 0 Å². The van der Waals surface area contributed by atoms with Gasteiger partial charge in [0.25, 0.3) is 0 Å². The Labute approximate surface area is 181 Å². The molecule has 31 heavy (non-hydrogen) atoms. The summed E-state index contributed by atoms with van der Waals surface area (Å²) in [6, 6.07) is 7.75. The van der Waals surface area contributed by atoms with Crippen LogP contribution in [0.1, 0.15) is 11.1 Å². The quantitative estimate of drug-likeness (QED) is 0.427. The standard InChI is InChI=1S/C21H25NO8S/c1-26-15-10-18(28-3)16(19(11-15)29-4)7-8-31(24,25)13-14-5-6-17(27-2)20(9-14)30-21(23)12-22/h5-11H,12-13,22H2,1-4H3. The van der Waals surface area contributed by atoms with Gasteiger partial charge in [0.05, 0.1) is 46.3 Å². The average Bonchev–Trinajstić information content (AvgIpc) is 2.76. The van der Waals surface area contributed by atoms with Crippen molar-refractivity contribution in [2.75, 3.05) is 35.0 Å². The zero-order chi connectivity index (χ0) is 23.0. The van der Waals surface area contributed by atoms with Crippen LogP contribution in [0.2, 0.25) is 0 Å². The number of carbonyl (C=O) groups is 1. The van der Waals surface area contributed by atoms with E-state index in [-0.39, 0.29) is 23.8 Å². The zero-order valence-corrected chi connectivity index (χ0v) is 18.5. The Balaban J connectivity index is 2.33. The lowest BCUT2D eigenvalue weighted by Gasteiger charge is -2.12. The molecule has 0 aromatic heterocycles. The van der Waals surface area contributed by atoms with E-state index in [1.54, 1.807) is 18.2 Å². The Kier molecular flexibility index (Phi) is 8.29. The Morgan fingerprint density at radius 3 is 2.03 bits per heavy atom. The van der Waals surface area contributed by atoms with Gasteiger partial charge in [-0.25, -0.2) is 8.42 Å². The molecule has 0 unspecified atom stereocenters. The van der Waals surface area contributed by atoms with Crippen molar-refractivity contribution in [2.45, 2.75) is 5.75 Å². The molecule has 2 rings (SSSR count). The first kappa shape index (κ1) is 24.0. The summed E-state index contributed by atoms with van der Waals surface area (Å²) in [4.78, 5) is 11.5. The molecule has 0 saturated carbocycles. The van der Waals surface area contributed by atoms with E-state index in [1.165, 1.54) is 46.6 Å². The fraction of sp³-hybridized carbons (Fsp3) is 0.286. The van der Waals surface area contributed by atoms with Gasteiger partial charge in [-0.05, 0) is 23.8 Å². The highest BCUT2D eigenvalue weighted by Crippen LogP contribution is 2.35. The van der Waals surface area contributed by atoms with E-state index in [9.17, 15) is 13.2 Å². The second-order valence-corrected chi connectivity index (χ2v) is 8.11. The van der Waals surface area contributed by atoms with E-state index in [0.717, 1.165) is 5.41 Å². The van der Waals surface area contributed by atoms with Crippen LogP contribution in [0.5, 0.6) is 28.7 Å². The van der Waals surface area contributed by atoms with Crippen molar-refractivity contribution in [3.63, 3.8) is 0 Å². The molecular weight excluding hydrogens is 426 g/mol. The second kappa shape index (κ2) is 10.7. The summed E-state index contributed by atoms with van der Waals surface area (Å²) >= 11 is 0. The van der Waals surface area contributed by atoms with E-state index in [0.29, 0.717) is 28.4 Å². The first-order valence-corrected chi connectivity index (χ1v) is 10.8. The van der Waals surface area contributed by atoms with E-state index in [2.05, 4.69) is 0 Å². The van der Waals surface area contributed by atoms with Gasteiger partial charge in [0.1, 0.15) is 17.2 Å². The molecule has 10 heteroatoms. The molecule has 2 aromatic carbocycles. The number of benzene rings is 2. The number of ether oxygens (including phenoxy) is 5. The highest BCUT2D eigenvalue weighted by atomic mass is 32.2. The van der Waals surface area contributed by atoms with Gasteiger partial charge in [0.2, 0.25) is 0 Å². The number of esters is 1. The van der Waals surface area contributed by atoms with Crippen LogP contribution in [0.15, 0.2) is 35.7 Å². The maximum Gasteiger partial charge on any atom is 0.325 e. The number of sulfone groups is 1. The van der Waals surface area contributed by atoms with E-state index in [4.69, 9.17) is 29.4 Å². The van der Waals surface area contributed by atoms with Crippen LogP contribution in [0.25, 0.3) is 6.08 Å². The van der Waals surface area contributed by atoms with Crippen molar-refractivity contribution in [2.24, 2.45) is 5.73 Å². The minimum Gasteiger partial charge on any atom is -0.496 e. The summed E-state index contributed by atoms with van der Waals surface area (Å²) in [7, 11) is 2.13. The minimum atomic E-state index is -3.70. The Hall–Kier alpha value is -3.24. The maximum atomic E-state index is 12.7. The normalized spacial score (nSPS) is 11.3. The third-order valence-electron chi connectivity index (χ3n) is 4.18. The molecule has 2 aromatic rings. The molecule has 9 nitrogen and oxygen atoms in total. The SMILES string of the molecule is COc1cc(OC)c(C=CS(=O)(=O)Cc2ccc(OC)c(OC(=O)CN)c2)c(OC)c1. The molecular formula is C21H25NO8S. The molecule has 0 fully saturated rings. The summed E-state index contributed by atoms with van der Waals surface area (Å²) in [5.41, 5.74) is 6.11. The molecule has 0 amide bonds. The largest absolute Gasteiger partial charge is 0.496 e. The number of nitrogens with two attached hydrogens (primary N) is 1. The molecule has 168 valence electrons. The number of carbonyl (C=O) groups excluding carboxylic acids is 1. The number of rotatable bonds is 10. The molecule has 0 bridgehead atoms.